The minimum Gasteiger partial charge on any atom is -0.495 e. The van der Waals surface area contributed by atoms with Crippen LogP contribution < -0.4 is 9.47 Å². The van der Waals surface area contributed by atoms with Gasteiger partial charge in [-0.2, -0.15) is 8.78 Å². The van der Waals surface area contributed by atoms with Crippen LogP contribution in [0.5, 0.6) is 11.5 Å². The highest BCUT2D eigenvalue weighted by Crippen LogP contribution is 2.44. The van der Waals surface area contributed by atoms with E-state index in [1.165, 1.54) is 13.2 Å². The monoisotopic (exact) mass is 284 g/mol. The third-order valence-corrected chi connectivity index (χ3v) is 2.96. The minimum absolute atomic E-state index is 0.0369. The van der Waals surface area contributed by atoms with E-state index in [2.05, 4.69) is 4.74 Å². The summed E-state index contributed by atoms with van der Waals surface area (Å²) < 4.78 is 33.8. The Morgan fingerprint density at radius 1 is 1.12 bits per heavy atom. The van der Waals surface area contributed by atoms with Crippen molar-refractivity contribution < 1.29 is 18.3 Å². The molecule has 0 saturated carbocycles. The smallest absolute Gasteiger partial charge is 0.387 e. The van der Waals surface area contributed by atoms with Crippen molar-refractivity contribution in [3.8, 4) is 11.5 Å². The van der Waals surface area contributed by atoms with E-state index in [1.807, 2.05) is 13.8 Å². The van der Waals surface area contributed by atoms with Gasteiger partial charge in [-0.25, -0.2) is 0 Å². The predicted octanol–water partition coefficient (Wildman–Crippen LogP) is 4.73. The Balaban J connectivity index is 3.37. The van der Waals surface area contributed by atoms with E-state index in [4.69, 9.17) is 27.9 Å². The Kier molecular flexibility index (Phi) is 4.83. The fourth-order valence-corrected chi connectivity index (χ4v) is 2.35. The van der Waals surface area contributed by atoms with Crippen molar-refractivity contribution in [3.05, 3.63) is 21.7 Å². The summed E-state index contributed by atoms with van der Waals surface area (Å²) in [5.41, 5.74) is 0.531. The zero-order valence-corrected chi connectivity index (χ0v) is 11.1. The molecule has 0 aliphatic heterocycles. The predicted molar refractivity (Wildman–Crippen MR) is 63.7 cm³/mol. The molecule has 0 spiro atoms. The molecule has 0 radical (unpaired) electrons. The number of halogens is 4. The van der Waals surface area contributed by atoms with Gasteiger partial charge >= 0.3 is 6.61 Å². The van der Waals surface area contributed by atoms with Gasteiger partial charge in [-0.1, -0.05) is 37.0 Å². The highest BCUT2D eigenvalue weighted by Gasteiger charge is 2.21. The summed E-state index contributed by atoms with van der Waals surface area (Å²) in [4.78, 5) is 0. The fourth-order valence-electron chi connectivity index (χ4n) is 1.44. The van der Waals surface area contributed by atoms with Crippen molar-refractivity contribution in [2.75, 3.05) is 7.11 Å². The Morgan fingerprint density at radius 2 is 1.65 bits per heavy atom. The van der Waals surface area contributed by atoms with E-state index in [0.717, 1.165) is 0 Å². The highest BCUT2D eigenvalue weighted by molar-refractivity contribution is 6.38. The van der Waals surface area contributed by atoms with Gasteiger partial charge in [0, 0.05) is 6.07 Å². The molecule has 17 heavy (non-hydrogen) atoms. The van der Waals surface area contributed by atoms with E-state index in [1.54, 1.807) is 0 Å². The van der Waals surface area contributed by atoms with Gasteiger partial charge < -0.3 is 9.47 Å². The summed E-state index contributed by atoms with van der Waals surface area (Å²) in [5, 5.41) is 0.403. The average Bonchev–Trinajstić information content (AvgIpc) is 2.21. The molecular formula is C11H12Cl2F2O2. The second-order valence-corrected chi connectivity index (χ2v) is 4.41. The molecule has 2 nitrogen and oxygen atoms in total. The summed E-state index contributed by atoms with van der Waals surface area (Å²) in [7, 11) is 1.39. The molecule has 6 heteroatoms. The number of hydrogen-bond acceptors (Lipinski definition) is 2. The lowest BCUT2D eigenvalue weighted by Crippen LogP contribution is -2.05. The molecule has 0 heterocycles. The topological polar surface area (TPSA) is 18.5 Å². The van der Waals surface area contributed by atoms with Crippen LogP contribution in [0.15, 0.2) is 6.07 Å². The van der Waals surface area contributed by atoms with Crippen molar-refractivity contribution in [3.63, 3.8) is 0 Å². The van der Waals surface area contributed by atoms with Gasteiger partial charge in [-0.3, -0.25) is 0 Å². The molecule has 0 bridgehead atoms. The molecule has 0 aromatic heterocycles. The maximum absolute atomic E-state index is 12.2. The van der Waals surface area contributed by atoms with Crippen LogP contribution >= 0.6 is 23.2 Å². The number of alkyl halides is 2. The normalized spacial score (nSPS) is 11.1. The molecule has 96 valence electrons. The van der Waals surface area contributed by atoms with E-state index in [0.29, 0.717) is 10.6 Å². The molecule has 0 amide bonds. The van der Waals surface area contributed by atoms with Crippen LogP contribution in [0.25, 0.3) is 0 Å². The van der Waals surface area contributed by atoms with Gasteiger partial charge in [0.15, 0.2) is 0 Å². The summed E-state index contributed by atoms with van der Waals surface area (Å²) in [5.74, 6) is 0.0900. The van der Waals surface area contributed by atoms with E-state index < -0.39 is 6.61 Å². The maximum atomic E-state index is 12.2. The first-order chi connectivity index (χ1) is 7.88. The van der Waals surface area contributed by atoms with Gasteiger partial charge in [0.05, 0.1) is 17.2 Å². The van der Waals surface area contributed by atoms with Gasteiger partial charge in [0.25, 0.3) is 0 Å². The van der Waals surface area contributed by atoms with Crippen LogP contribution in [0.1, 0.15) is 25.3 Å². The van der Waals surface area contributed by atoms with Crippen LogP contribution in [0.4, 0.5) is 8.78 Å². The second kappa shape index (κ2) is 5.74. The first kappa shape index (κ1) is 14.3. The Bertz CT molecular complexity index is 409. The SMILES string of the molecule is COc1cc(OC(F)F)c(Cl)c(C(C)C)c1Cl. The molecule has 0 aliphatic carbocycles. The van der Waals surface area contributed by atoms with Crippen LogP contribution in [0.3, 0.4) is 0 Å². The second-order valence-electron chi connectivity index (χ2n) is 3.65. The van der Waals surface area contributed by atoms with Crippen molar-refractivity contribution in [1.82, 2.24) is 0 Å². The molecule has 0 fully saturated rings. The zero-order valence-electron chi connectivity index (χ0n) is 9.56. The number of methoxy groups -OCH3 is 1. The van der Waals surface area contributed by atoms with Crippen LogP contribution in [0.2, 0.25) is 10.0 Å². The third-order valence-electron chi connectivity index (χ3n) is 2.18. The lowest BCUT2D eigenvalue weighted by Gasteiger charge is -2.17. The summed E-state index contributed by atoms with van der Waals surface area (Å²) in [6, 6.07) is 1.25. The van der Waals surface area contributed by atoms with Crippen molar-refractivity contribution >= 4 is 23.2 Å². The van der Waals surface area contributed by atoms with E-state index in [9.17, 15) is 8.78 Å². The van der Waals surface area contributed by atoms with Gasteiger partial charge in [-0.15, -0.1) is 0 Å². The van der Waals surface area contributed by atoms with E-state index in [-0.39, 0.29) is 22.4 Å². The first-order valence-corrected chi connectivity index (χ1v) is 5.64. The van der Waals surface area contributed by atoms with Crippen molar-refractivity contribution in [1.29, 1.82) is 0 Å². The van der Waals surface area contributed by atoms with E-state index >= 15 is 0 Å². The van der Waals surface area contributed by atoms with Gasteiger partial charge in [0.2, 0.25) is 0 Å². The number of hydrogen-bond donors (Lipinski definition) is 0. The summed E-state index contributed by atoms with van der Waals surface area (Å²) in [6.07, 6.45) is 0. The third kappa shape index (κ3) is 3.13. The largest absolute Gasteiger partial charge is 0.495 e. The maximum Gasteiger partial charge on any atom is 0.387 e. The van der Waals surface area contributed by atoms with Crippen molar-refractivity contribution in [2.24, 2.45) is 0 Å². The van der Waals surface area contributed by atoms with Crippen molar-refractivity contribution in [2.45, 2.75) is 26.4 Å². The molecule has 1 rings (SSSR count). The van der Waals surface area contributed by atoms with Gasteiger partial charge in [0.1, 0.15) is 11.5 Å². The molecule has 0 N–H and O–H groups in total. The Labute approximate surface area is 108 Å². The Morgan fingerprint density at radius 3 is 2.06 bits per heavy atom. The molecule has 1 aromatic carbocycles. The first-order valence-electron chi connectivity index (χ1n) is 4.89. The summed E-state index contributed by atoms with van der Waals surface area (Å²) in [6.45, 7) is 0.746. The summed E-state index contributed by atoms with van der Waals surface area (Å²) >= 11 is 12.0. The molecular weight excluding hydrogens is 273 g/mol. The standard InChI is InChI=1S/C11H12Cl2F2O2/c1-5(2)8-9(12)6(16-3)4-7(10(8)13)17-11(14)15/h4-5,11H,1-3H3. The lowest BCUT2D eigenvalue weighted by atomic mass is 10.0. The number of ether oxygens (including phenoxy) is 2. The fraction of sp³-hybridized carbons (Fsp3) is 0.455. The molecule has 0 atom stereocenters. The molecule has 0 saturated heterocycles. The Hall–Kier alpha value is -0.740. The highest BCUT2D eigenvalue weighted by atomic mass is 35.5. The number of rotatable bonds is 4. The molecule has 0 unspecified atom stereocenters. The lowest BCUT2D eigenvalue weighted by molar-refractivity contribution is -0.0499. The van der Waals surface area contributed by atoms with Crippen LogP contribution in [-0.4, -0.2) is 13.7 Å². The minimum atomic E-state index is -2.95. The molecule has 0 aliphatic rings. The molecule has 1 aromatic rings. The van der Waals surface area contributed by atoms with Crippen LogP contribution in [-0.2, 0) is 0 Å². The number of benzene rings is 1. The zero-order chi connectivity index (χ0) is 13.2. The average molecular weight is 285 g/mol. The van der Waals surface area contributed by atoms with Crippen LogP contribution in [0, 0.1) is 0 Å². The quantitative estimate of drug-likeness (QED) is 0.796. The van der Waals surface area contributed by atoms with Gasteiger partial charge in [-0.05, 0) is 11.5 Å².